The van der Waals surface area contributed by atoms with E-state index in [0.29, 0.717) is 12.3 Å². The predicted octanol–water partition coefficient (Wildman–Crippen LogP) is 3.57. The number of halogens is 4. The van der Waals surface area contributed by atoms with Crippen molar-refractivity contribution in [1.29, 1.82) is 0 Å². The molecule has 0 atom stereocenters. The van der Waals surface area contributed by atoms with E-state index < -0.39 is 17.7 Å². The highest BCUT2D eigenvalue weighted by Gasteiger charge is 2.32. The maximum absolute atomic E-state index is 12.5. The Morgan fingerprint density at radius 1 is 1.21 bits per heavy atom. The third-order valence-electron chi connectivity index (χ3n) is 1.34. The molecule has 0 saturated heterocycles. The van der Waals surface area contributed by atoms with Gasteiger partial charge in [-0.15, -0.1) is 0 Å². The van der Waals surface area contributed by atoms with Crippen molar-refractivity contribution in [1.82, 2.24) is 4.98 Å². The molecular weight excluding hydrogens is 198 g/mol. The smallest absolute Gasteiger partial charge is 0.249 e. The highest BCUT2D eigenvalue weighted by atomic mass is 19.4. The summed E-state index contributed by atoms with van der Waals surface area (Å²) in [5.74, 6) is -0.733. The number of aromatic nitrogens is 1. The number of pyridine rings is 1. The van der Waals surface area contributed by atoms with Crippen molar-refractivity contribution in [2.75, 3.05) is 0 Å². The summed E-state index contributed by atoms with van der Waals surface area (Å²) in [5, 5.41) is 0. The molecule has 0 amide bonds. The van der Waals surface area contributed by atoms with Crippen LogP contribution in [0, 0.1) is 12.7 Å². The van der Waals surface area contributed by atoms with E-state index >= 15 is 0 Å². The van der Waals surface area contributed by atoms with E-state index in [4.69, 9.17) is 0 Å². The van der Waals surface area contributed by atoms with Crippen LogP contribution >= 0.6 is 0 Å². The molecular formula is C9H11F4N. The molecule has 0 saturated carbocycles. The molecule has 5 heteroatoms. The van der Waals surface area contributed by atoms with Crippen molar-refractivity contribution in [3.63, 3.8) is 0 Å². The Kier molecular flexibility index (Phi) is 4.53. The largest absolute Gasteiger partial charge is 0.433 e. The van der Waals surface area contributed by atoms with E-state index in [-0.39, 0.29) is 5.56 Å². The number of alkyl halides is 3. The van der Waals surface area contributed by atoms with Gasteiger partial charge in [-0.3, -0.25) is 0 Å². The predicted molar refractivity (Wildman–Crippen MR) is 45.3 cm³/mol. The third-order valence-corrected chi connectivity index (χ3v) is 1.34. The lowest BCUT2D eigenvalue weighted by molar-refractivity contribution is -0.141. The van der Waals surface area contributed by atoms with Crippen molar-refractivity contribution >= 4 is 0 Å². The minimum atomic E-state index is -4.50. The molecule has 1 rings (SSSR count). The SMILES string of the molecule is CC.Cc1cc(C(F)(F)F)ncc1F. The molecule has 0 aromatic carbocycles. The maximum Gasteiger partial charge on any atom is 0.433 e. The first-order valence-corrected chi connectivity index (χ1v) is 4.10. The first-order valence-electron chi connectivity index (χ1n) is 4.10. The quantitative estimate of drug-likeness (QED) is 0.595. The summed E-state index contributed by atoms with van der Waals surface area (Å²) in [6.45, 7) is 5.26. The van der Waals surface area contributed by atoms with Crippen LogP contribution in [-0.2, 0) is 6.18 Å². The van der Waals surface area contributed by atoms with Crippen LogP contribution in [0.2, 0.25) is 0 Å². The molecule has 80 valence electrons. The van der Waals surface area contributed by atoms with Crippen molar-refractivity contribution < 1.29 is 17.6 Å². The minimum absolute atomic E-state index is 0.0580. The van der Waals surface area contributed by atoms with Crippen LogP contribution < -0.4 is 0 Å². The fourth-order valence-electron chi connectivity index (χ4n) is 0.694. The van der Waals surface area contributed by atoms with Crippen molar-refractivity contribution in [2.24, 2.45) is 0 Å². The molecule has 0 aliphatic rings. The summed E-state index contributed by atoms with van der Waals surface area (Å²) < 4.78 is 48.2. The molecule has 1 heterocycles. The molecule has 0 unspecified atom stereocenters. The van der Waals surface area contributed by atoms with Gasteiger partial charge in [-0.25, -0.2) is 9.37 Å². The lowest BCUT2D eigenvalue weighted by atomic mass is 10.2. The first-order chi connectivity index (χ1) is 6.41. The Morgan fingerprint density at radius 2 is 1.71 bits per heavy atom. The Morgan fingerprint density at radius 3 is 2.07 bits per heavy atom. The molecule has 1 nitrogen and oxygen atoms in total. The van der Waals surface area contributed by atoms with E-state index in [1.165, 1.54) is 6.92 Å². The summed E-state index contributed by atoms with van der Waals surface area (Å²) >= 11 is 0. The van der Waals surface area contributed by atoms with Crippen molar-refractivity contribution in [3.8, 4) is 0 Å². The average molecular weight is 209 g/mol. The normalized spacial score (nSPS) is 10.5. The topological polar surface area (TPSA) is 12.9 Å². The lowest BCUT2D eigenvalue weighted by Gasteiger charge is -2.05. The number of hydrogen-bond acceptors (Lipinski definition) is 1. The van der Waals surface area contributed by atoms with Gasteiger partial charge in [0.15, 0.2) is 0 Å². The molecule has 0 fully saturated rings. The molecule has 0 radical (unpaired) electrons. The summed E-state index contributed by atoms with van der Waals surface area (Å²) in [7, 11) is 0. The van der Waals surface area contributed by atoms with E-state index in [1.807, 2.05) is 13.8 Å². The van der Waals surface area contributed by atoms with Crippen LogP contribution in [0.4, 0.5) is 17.6 Å². The fourth-order valence-corrected chi connectivity index (χ4v) is 0.694. The Hall–Kier alpha value is -1.13. The minimum Gasteiger partial charge on any atom is -0.249 e. The van der Waals surface area contributed by atoms with Crippen molar-refractivity contribution in [2.45, 2.75) is 26.9 Å². The molecule has 0 bridgehead atoms. The van der Waals surface area contributed by atoms with E-state index in [1.54, 1.807) is 0 Å². The third kappa shape index (κ3) is 3.32. The van der Waals surface area contributed by atoms with E-state index in [9.17, 15) is 17.6 Å². The molecule has 0 aliphatic heterocycles. The zero-order valence-corrected chi connectivity index (χ0v) is 8.11. The number of nitrogens with zero attached hydrogens (tertiary/aromatic N) is 1. The van der Waals surface area contributed by atoms with E-state index in [2.05, 4.69) is 4.98 Å². The Bertz CT molecular complexity index is 293. The molecule has 14 heavy (non-hydrogen) atoms. The second kappa shape index (κ2) is 4.93. The number of rotatable bonds is 0. The van der Waals surface area contributed by atoms with E-state index in [0.717, 1.165) is 0 Å². The molecule has 1 aromatic heterocycles. The van der Waals surface area contributed by atoms with Gasteiger partial charge in [0.1, 0.15) is 11.5 Å². The molecule has 0 spiro atoms. The summed E-state index contributed by atoms with van der Waals surface area (Å²) in [6, 6.07) is 0.676. The van der Waals surface area contributed by atoms with Gasteiger partial charge >= 0.3 is 6.18 Å². The molecule has 1 aromatic rings. The lowest BCUT2D eigenvalue weighted by Crippen LogP contribution is -2.08. The van der Waals surface area contributed by atoms with Crippen LogP contribution in [0.5, 0.6) is 0 Å². The van der Waals surface area contributed by atoms with Gasteiger partial charge in [-0.05, 0) is 18.6 Å². The number of aryl methyl sites for hydroxylation is 1. The second-order valence-electron chi connectivity index (χ2n) is 2.32. The Labute approximate surface area is 79.8 Å². The van der Waals surface area contributed by atoms with Gasteiger partial charge in [0, 0.05) is 0 Å². The van der Waals surface area contributed by atoms with Gasteiger partial charge < -0.3 is 0 Å². The molecule has 0 aliphatic carbocycles. The van der Waals surface area contributed by atoms with Crippen LogP contribution in [0.25, 0.3) is 0 Å². The summed E-state index contributed by atoms with van der Waals surface area (Å²) in [6.07, 6.45) is -3.93. The monoisotopic (exact) mass is 209 g/mol. The van der Waals surface area contributed by atoms with Gasteiger partial charge in [0.25, 0.3) is 0 Å². The second-order valence-corrected chi connectivity index (χ2v) is 2.32. The van der Waals surface area contributed by atoms with Crippen LogP contribution in [0.15, 0.2) is 12.3 Å². The van der Waals surface area contributed by atoms with Gasteiger partial charge in [0.2, 0.25) is 0 Å². The zero-order valence-electron chi connectivity index (χ0n) is 8.11. The maximum atomic E-state index is 12.5. The van der Waals surface area contributed by atoms with Gasteiger partial charge in [0.05, 0.1) is 6.20 Å². The average Bonchev–Trinajstić information content (AvgIpc) is 2.11. The van der Waals surface area contributed by atoms with Crippen LogP contribution in [0.3, 0.4) is 0 Å². The first kappa shape index (κ1) is 12.9. The number of hydrogen-bond donors (Lipinski definition) is 0. The summed E-state index contributed by atoms with van der Waals surface area (Å²) in [4.78, 5) is 2.91. The van der Waals surface area contributed by atoms with Crippen LogP contribution in [0.1, 0.15) is 25.1 Å². The van der Waals surface area contributed by atoms with Crippen molar-refractivity contribution in [3.05, 3.63) is 29.3 Å². The van der Waals surface area contributed by atoms with Gasteiger partial charge in [-0.2, -0.15) is 13.2 Å². The Balaban J connectivity index is 0.000000791. The molecule has 0 N–H and O–H groups in total. The highest BCUT2D eigenvalue weighted by molar-refractivity contribution is 5.18. The van der Waals surface area contributed by atoms with Gasteiger partial charge in [-0.1, -0.05) is 13.8 Å². The standard InChI is InChI=1S/C7H5F4N.C2H6/c1-4-2-6(7(9,10)11)12-3-5(4)8;1-2/h2-3H,1H3;1-2H3. The van der Waals surface area contributed by atoms with Crippen LogP contribution in [-0.4, -0.2) is 4.98 Å². The fraction of sp³-hybridized carbons (Fsp3) is 0.444. The zero-order chi connectivity index (χ0) is 11.4. The highest BCUT2D eigenvalue weighted by Crippen LogP contribution is 2.27. The summed E-state index contributed by atoms with van der Waals surface area (Å²) in [5.41, 5.74) is -1.13.